The molecule has 3 heteroatoms. The zero-order chi connectivity index (χ0) is 25.7. The summed E-state index contributed by atoms with van der Waals surface area (Å²) in [6.07, 6.45) is 33.3. The van der Waals surface area contributed by atoms with Crippen LogP contribution in [0, 0.1) is 4.77 Å². The van der Waals surface area contributed by atoms with Crippen LogP contribution in [0.4, 0.5) is 0 Å². The van der Waals surface area contributed by atoms with E-state index in [0.717, 1.165) is 4.77 Å². The Hall–Kier alpha value is -1.09. The number of benzene rings is 1. The van der Waals surface area contributed by atoms with Crippen molar-refractivity contribution < 1.29 is 0 Å². The van der Waals surface area contributed by atoms with Crippen molar-refractivity contribution in [3.63, 3.8) is 0 Å². The van der Waals surface area contributed by atoms with Crippen molar-refractivity contribution in [2.75, 3.05) is 0 Å². The van der Waals surface area contributed by atoms with Gasteiger partial charge in [-0.2, -0.15) is 0 Å². The highest BCUT2D eigenvalue weighted by Crippen LogP contribution is 2.25. The summed E-state index contributed by atoms with van der Waals surface area (Å²) in [5.74, 6) is 0. The van der Waals surface area contributed by atoms with Gasteiger partial charge in [0.15, 0.2) is 4.77 Å². The lowest BCUT2D eigenvalue weighted by atomic mass is 9.95. The van der Waals surface area contributed by atoms with Crippen molar-refractivity contribution in [2.24, 2.45) is 0 Å². The summed E-state index contributed by atoms with van der Waals surface area (Å²) in [6, 6.07) is 4.60. The topological polar surface area (TPSA) is 31.6 Å². The Morgan fingerprint density at radius 1 is 0.500 bits per heavy atom. The molecule has 0 aliphatic heterocycles. The minimum absolute atomic E-state index is 0.761. The molecule has 0 saturated carbocycles. The van der Waals surface area contributed by atoms with E-state index in [1.807, 2.05) is 0 Å². The highest BCUT2D eigenvalue weighted by Gasteiger charge is 2.10. The summed E-state index contributed by atoms with van der Waals surface area (Å²) in [4.78, 5) is 6.80. The molecule has 0 atom stereocenters. The van der Waals surface area contributed by atoms with E-state index < -0.39 is 0 Å². The smallest absolute Gasteiger partial charge is 0.175 e. The summed E-state index contributed by atoms with van der Waals surface area (Å²) in [5, 5.41) is 0. The van der Waals surface area contributed by atoms with Crippen LogP contribution in [0.2, 0.25) is 0 Å². The fraction of sp³-hybridized carbons (Fsp3) is 0.788. The molecule has 0 unspecified atom stereocenters. The molecule has 0 radical (unpaired) electrons. The van der Waals surface area contributed by atoms with E-state index in [4.69, 9.17) is 12.2 Å². The van der Waals surface area contributed by atoms with Crippen molar-refractivity contribution in [2.45, 2.75) is 168 Å². The second-order valence-corrected chi connectivity index (χ2v) is 11.7. The first-order valence-corrected chi connectivity index (χ1v) is 16.4. The summed E-state index contributed by atoms with van der Waals surface area (Å²) < 4.78 is 0.761. The first-order chi connectivity index (χ1) is 17.8. The lowest BCUT2D eigenvalue weighted by Crippen LogP contribution is -1.97. The predicted octanol–water partition coefficient (Wildman–Crippen LogP) is 11.9. The number of hydrogen-bond acceptors (Lipinski definition) is 1. The van der Waals surface area contributed by atoms with Gasteiger partial charge in [-0.05, 0) is 55.1 Å². The van der Waals surface area contributed by atoms with Crippen LogP contribution in [0.25, 0.3) is 11.0 Å². The molecule has 206 valence electrons. The van der Waals surface area contributed by atoms with E-state index in [1.165, 1.54) is 171 Å². The average Bonchev–Trinajstić information content (AvgIpc) is 3.27. The van der Waals surface area contributed by atoms with Crippen molar-refractivity contribution in [3.8, 4) is 0 Å². The number of aromatic amines is 2. The van der Waals surface area contributed by atoms with E-state index >= 15 is 0 Å². The van der Waals surface area contributed by atoms with Gasteiger partial charge in [-0.25, -0.2) is 0 Å². The molecule has 2 aromatic rings. The van der Waals surface area contributed by atoms with Crippen molar-refractivity contribution in [1.82, 2.24) is 9.97 Å². The number of hydrogen-bond donors (Lipinski definition) is 2. The zero-order valence-electron chi connectivity index (χ0n) is 24.0. The summed E-state index contributed by atoms with van der Waals surface area (Å²) in [5.41, 5.74) is 5.53. The SMILES string of the molecule is CCCCCCCCCCCCCc1ccc2[nH]c(=S)[nH]c2c1CCCCCCCCCCCCC. The molecule has 2 N–H and O–H groups in total. The van der Waals surface area contributed by atoms with Crippen LogP contribution in [0.3, 0.4) is 0 Å². The largest absolute Gasteiger partial charge is 0.331 e. The second kappa shape index (κ2) is 20.9. The Bertz CT molecular complexity index is 834. The quantitative estimate of drug-likeness (QED) is 0.106. The standard InChI is InChI=1S/C33H58N2S/c1-3-5-7-9-11-13-15-17-19-21-23-25-29-27-28-31-32(35-33(36)34-31)30(29)26-24-22-20-18-16-14-12-10-8-6-4-2/h27-28H,3-26H2,1-2H3,(H2,34,35,36). The number of rotatable bonds is 24. The molecule has 0 amide bonds. The fourth-order valence-corrected chi connectivity index (χ4v) is 5.88. The van der Waals surface area contributed by atoms with Gasteiger partial charge in [0.1, 0.15) is 0 Å². The molecule has 0 aliphatic rings. The number of aryl methyl sites for hydroxylation is 2. The molecular formula is C33H58N2S. The number of imidazole rings is 1. The highest BCUT2D eigenvalue weighted by atomic mass is 32.1. The maximum Gasteiger partial charge on any atom is 0.175 e. The fourth-order valence-electron chi connectivity index (χ4n) is 5.67. The minimum atomic E-state index is 0.761. The predicted molar refractivity (Wildman–Crippen MR) is 164 cm³/mol. The number of H-pyrrole nitrogens is 2. The third-order valence-corrected chi connectivity index (χ3v) is 8.18. The average molecular weight is 515 g/mol. The van der Waals surface area contributed by atoms with Crippen LogP contribution in [-0.4, -0.2) is 9.97 Å². The summed E-state index contributed by atoms with van der Waals surface area (Å²) >= 11 is 5.42. The van der Waals surface area contributed by atoms with Crippen molar-refractivity contribution in [3.05, 3.63) is 28.0 Å². The van der Waals surface area contributed by atoms with Crippen LogP contribution in [0.5, 0.6) is 0 Å². The van der Waals surface area contributed by atoms with Gasteiger partial charge >= 0.3 is 0 Å². The lowest BCUT2D eigenvalue weighted by Gasteiger charge is -2.11. The second-order valence-electron chi connectivity index (χ2n) is 11.3. The monoisotopic (exact) mass is 514 g/mol. The van der Waals surface area contributed by atoms with E-state index in [0.29, 0.717) is 0 Å². The number of aromatic nitrogens is 2. The van der Waals surface area contributed by atoms with Crippen LogP contribution in [-0.2, 0) is 12.8 Å². The van der Waals surface area contributed by atoms with Crippen LogP contribution < -0.4 is 0 Å². The van der Waals surface area contributed by atoms with Gasteiger partial charge < -0.3 is 9.97 Å². The zero-order valence-corrected chi connectivity index (χ0v) is 24.9. The lowest BCUT2D eigenvalue weighted by molar-refractivity contribution is 0.547. The van der Waals surface area contributed by atoms with Gasteiger partial charge in [0.2, 0.25) is 0 Å². The maximum atomic E-state index is 5.42. The molecule has 1 aromatic heterocycles. The van der Waals surface area contributed by atoms with E-state index in [2.05, 4.69) is 35.9 Å². The minimum Gasteiger partial charge on any atom is -0.331 e. The third-order valence-electron chi connectivity index (χ3n) is 7.98. The molecule has 1 heterocycles. The van der Waals surface area contributed by atoms with Crippen molar-refractivity contribution >= 4 is 23.3 Å². The van der Waals surface area contributed by atoms with Crippen LogP contribution in [0.15, 0.2) is 12.1 Å². The van der Waals surface area contributed by atoms with Crippen LogP contribution in [0.1, 0.15) is 166 Å². The Balaban J connectivity index is 1.65. The molecule has 2 nitrogen and oxygen atoms in total. The number of fused-ring (bicyclic) bond motifs is 1. The van der Waals surface area contributed by atoms with Gasteiger partial charge in [0.25, 0.3) is 0 Å². The number of unbranched alkanes of at least 4 members (excludes halogenated alkanes) is 20. The molecule has 0 bridgehead atoms. The molecular weight excluding hydrogens is 456 g/mol. The third kappa shape index (κ3) is 13.5. The van der Waals surface area contributed by atoms with E-state index in [9.17, 15) is 0 Å². The molecule has 0 spiro atoms. The number of nitrogens with one attached hydrogen (secondary N) is 2. The van der Waals surface area contributed by atoms with Gasteiger partial charge in [0.05, 0.1) is 11.0 Å². The van der Waals surface area contributed by atoms with E-state index in [1.54, 1.807) is 5.56 Å². The van der Waals surface area contributed by atoms with Gasteiger partial charge in [-0.3, -0.25) is 0 Å². The molecule has 0 fully saturated rings. The maximum absolute atomic E-state index is 5.42. The van der Waals surface area contributed by atoms with Crippen molar-refractivity contribution in [1.29, 1.82) is 0 Å². The van der Waals surface area contributed by atoms with E-state index in [-0.39, 0.29) is 0 Å². The first kappa shape index (κ1) is 31.1. The normalized spacial score (nSPS) is 11.6. The summed E-state index contributed by atoms with van der Waals surface area (Å²) in [6.45, 7) is 4.60. The Morgan fingerprint density at radius 3 is 1.39 bits per heavy atom. The molecule has 1 aromatic carbocycles. The van der Waals surface area contributed by atoms with Crippen LogP contribution >= 0.6 is 12.2 Å². The Kier molecular flexibility index (Phi) is 18.1. The molecule has 0 aliphatic carbocycles. The first-order valence-electron chi connectivity index (χ1n) is 16.0. The Labute approximate surface area is 228 Å². The summed E-state index contributed by atoms with van der Waals surface area (Å²) in [7, 11) is 0. The molecule has 0 saturated heterocycles. The Morgan fingerprint density at radius 2 is 0.917 bits per heavy atom. The van der Waals surface area contributed by atoms with Gasteiger partial charge in [0, 0.05) is 0 Å². The van der Waals surface area contributed by atoms with Gasteiger partial charge in [-0.1, -0.05) is 148 Å². The highest BCUT2D eigenvalue weighted by molar-refractivity contribution is 7.71. The molecule has 2 rings (SSSR count). The van der Waals surface area contributed by atoms with Gasteiger partial charge in [-0.15, -0.1) is 0 Å². The molecule has 36 heavy (non-hydrogen) atoms.